The van der Waals surface area contributed by atoms with Crippen LogP contribution in [0.25, 0.3) is 0 Å². The maximum absolute atomic E-state index is 12.7. The molecule has 0 N–H and O–H groups in total. The molecule has 0 saturated carbocycles. The average Bonchev–Trinajstić information content (AvgIpc) is 0.944. The van der Waals surface area contributed by atoms with Crippen LogP contribution in [0.3, 0.4) is 0 Å². The van der Waals surface area contributed by atoms with Gasteiger partial charge < -0.3 is 47.4 Å². The van der Waals surface area contributed by atoms with Gasteiger partial charge in [-0.15, -0.1) is 0 Å². The van der Waals surface area contributed by atoms with Gasteiger partial charge in [0.1, 0.15) is 46.0 Å². The predicted molar refractivity (Wildman–Crippen MR) is 354 cm³/mol. The van der Waals surface area contributed by atoms with E-state index >= 15 is 0 Å². The van der Waals surface area contributed by atoms with Gasteiger partial charge in [-0.3, -0.25) is 19.2 Å². The summed E-state index contributed by atoms with van der Waals surface area (Å²) >= 11 is 6.73. The van der Waals surface area contributed by atoms with E-state index in [1.807, 2.05) is 0 Å². The fraction of sp³-hybridized carbons (Fsp3) is 0.306. The van der Waals surface area contributed by atoms with Crippen LogP contribution in [-0.2, 0) is 38.2 Å². The summed E-state index contributed by atoms with van der Waals surface area (Å²) < 4.78 is 53.0. The minimum Gasteiger partial charge on any atom is -0.463 e. The molecule has 0 aromatic heterocycles. The summed E-state index contributed by atoms with van der Waals surface area (Å²) in [7, 11) is 0. The Morgan fingerprint density at radius 2 is 0.574 bits per heavy atom. The van der Waals surface area contributed by atoms with Gasteiger partial charge in [-0.05, 0) is 223 Å². The third-order valence-electron chi connectivity index (χ3n) is 13.3. The highest BCUT2D eigenvalue weighted by molar-refractivity contribution is 9.09. The van der Waals surface area contributed by atoms with Crippen molar-refractivity contribution in [1.29, 1.82) is 0 Å². The molecule has 0 atom stereocenters. The molecule has 0 saturated heterocycles. The molecule has 0 aliphatic carbocycles. The number of ether oxygens (including phenoxy) is 10. The topological polar surface area (TPSA) is 263 Å². The molecule has 0 heterocycles. The van der Waals surface area contributed by atoms with E-state index in [2.05, 4.69) is 45.0 Å². The Morgan fingerprint density at radius 3 is 0.830 bits per heavy atom. The van der Waals surface area contributed by atoms with Crippen LogP contribution in [0.5, 0.6) is 46.0 Å². The van der Waals surface area contributed by atoms with Gasteiger partial charge in [0.25, 0.3) is 0 Å². The second-order valence-corrected chi connectivity index (χ2v) is 22.4. The molecule has 0 amide bonds. The van der Waals surface area contributed by atoms with E-state index in [9.17, 15) is 47.9 Å². The number of rotatable bonds is 36. The molecule has 0 fully saturated rings. The van der Waals surface area contributed by atoms with Crippen molar-refractivity contribution in [3.8, 4) is 46.0 Å². The van der Waals surface area contributed by atoms with E-state index in [0.29, 0.717) is 79.7 Å². The third-order valence-corrected chi connectivity index (χ3v) is 14.4. The standard InChI is InChI=1S/C39H40O12.C33H34Br2O8/c1-4-34(40)46-24-10-6-8-12-36(42)48-30-18-14-28(15-19-30)38(44)50-32-22-23-33(27(3)26-32)51-39(45)29-16-20-31(21-17-29)49-37(43)13-9-7-11-25-47-35(41)5-2;1-23-22-28(42-32(38)24-10-14-26(15-11-24)40-30(36)8-4-2-6-20-34)18-19-29(23)43-33(39)25-12-16-27(17-13-25)41-31(37)9-5-3-7-21-35/h4-5,14-23,26H,1-2,6-13,24-25H2,3H3;10-19,22H,2-9,20-21H2,1H3. The van der Waals surface area contributed by atoms with Crippen molar-refractivity contribution in [2.75, 3.05) is 23.9 Å². The number of esters is 10. The van der Waals surface area contributed by atoms with Crippen molar-refractivity contribution in [3.63, 3.8) is 0 Å². The molecule has 6 aromatic rings. The molecule has 0 aliphatic heterocycles. The first kappa shape index (κ1) is 75.2. The van der Waals surface area contributed by atoms with Crippen molar-refractivity contribution in [2.45, 2.75) is 117 Å². The predicted octanol–water partition coefficient (Wildman–Crippen LogP) is 15.0. The fourth-order valence-electron chi connectivity index (χ4n) is 8.26. The van der Waals surface area contributed by atoms with E-state index in [-0.39, 0.29) is 89.0 Å². The van der Waals surface area contributed by atoms with E-state index < -0.39 is 47.8 Å². The Bertz CT molecular complexity index is 3530. The van der Waals surface area contributed by atoms with Crippen molar-refractivity contribution in [1.82, 2.24) is 0 Å². The van der Waals surface area contributed by atoms with E-state index in [4.69, 9.17) is 47.4 Å². The highest BCUT2D eigenvalue weighted by Crippen LogP contribution is 2.28. The normalized spacial score (nSPS) is 10.4. The number of aryl methyl sites for hydroxylation is 2. The molecule has 0 aliphatic rings. The molecule has 0 radical (unpaired) electrons. The number of carbonyl (C=O) groups is 10. The smallest absolute Gasteiger partial charge is 0.343 e. The number of halogens is 2. The molecule has 0 spiro atoms. The van der Waals surface area contributed by atoms with Crippen LogP contribution in [-0.4, -0.2) is 83.6 Å². The molecular weight excluding hydrogens is 1340 g/mol. The molecule has 20 nitrogen and oxygen atoms in total. The summed E-state index contributed by atoms with van der Waals surface area (Å²) in [5.74, 6) is -2.52. The molecule has 0 bridgehead atoms. The first-order chi connectivity index (χ1) is 45.4. The average molecular weight is 1420 g/mol. The zero-order valence-corrected chi connectivity index (χ0v) is 55.5. The largest absolute Gasteiger partial charge is 0.463 e. The maximum Gasteiger partial charge on any atom is 0.343 e. The lowest BCUT2D eigenvalue weighted by molar-refractivity contribution is -0.138. The molecule has 94 heavy (non-hydrogen) atoms. The minimum absolute atomic E-state index is 0.190. The zero-order chi connectivity index (χ0) is 68.0. The van der Waals surface area contributed by atoms with Crippen LogP contribution in [0.2, 0.25) is 0 Å². The number of alkyl halides is 2. The Hall–Kier alpha value is -9.54. The summed E-state index contributed by atoms with van der Waals surface area (Å²) in [6, 6.07) is 33.4. The van der Waals surface area contributed by atoms with Crippen LogP contribution >= 0.6 is 31.9 Å². The fourth-order valence-corrected chi connectivity index (χ4v) is 9.05. The first-order valence-corrected chi connectivity index (χ1v) is 32.6. The van der Waals surface area contributed by atoms with Crippen LogP contribution < -0.4 is 37.9 Å². The Morgan fingerprint density at radius 1 is 0.319 bits per heavy atom. The van der Waals surface area contributed by atoms with Gasteiger partial charge >= 0.3 is 59.7 Å². The van der Waals surface area contributed by atoms with Gasteiger partial charge in [0.05, 0.1) is 35.5 Å². The summed E-state index contributed by atoms with van der Waals surface area (Å²) in [4.78, 5) is 121. The first-order valence-electron chi connectivity index (χ1n) is 30.4. The number of hydrogen-bond acceptors (Lipinski definition) is 20. The van der Waals surface area contributed by atoms with Gasteiger partial charge in [0, 0.05) is 48.5 Å². The monoisotopic (exact) mass is 1420 g/mol. The third kappa shape index (κ3) is 28.5. The summed E-state index contributed by atoms with van der Waals surface area (Å²) in [5, 5.41) is 1.82. The van der Waals surface area contributed by atoms with Gasteiger partial charge in [-0.1, -0.05) is 57.9 Å². The molecule has 22 heteroatoms. The van der Waals surface area contributed by atoms with Crippen LogP contribution in [0.4, 0.5) is 0 Å². The van der Waals surface area contributed by atoms with Crippen molar-refractivity contribution >= 4 is 91.6 Å². The van der Waals surface area contributed by atoms with E-state index in [1.54, 1.807) is 56.3 Å². The molecule has 496 valence electrons. The SMILES string of the molecule is C=CC(=O)OCCCCCC(=O)Oc1ccc(C(=O)Oc2ccc(OC(=O)c3ccc(OC(=O)CCCCCOC(=O)C=C)cc3)c(C)c2)cc1.Cc1cc(OC(=O)c2ccc(OC(=O)CCCCCBr)cc2)ccc1OC(=O)c1ccc(OC(=O)CCCCCBr)cc1. The van der Waals surface area contributed by atoms with Crippen molar-refractivity contribution < 1.29 is 95.3 Å². The maximum atomic E-state index is 12.7. The van der Waals surface area contributed by atoms with Crippen molar-refractivity contribution in [2.24, 2.45) is 0 Å². The Labute approximate surface area is 562 Å². The van der Waals surface area contributed by atoms with E-state index in [0.717, 1.165) is 61.3 Å². The van der Waals surface area contributed by atoms with Crippen LogP contribution in [0.1, 0.15) is 155 Å². The second kappa shape index (κ2) is 41.8. The van der Waals surface area contributed by atoms with Gasteiger partial charge in [0.15, 0.2) is 0 Å². The molecule has 6 aromatic carbocycles. The van der Waals surface area contributed by atoms with Crippen LogP contribution in [0, 0.1) is 13.8 Å². The summed E-state index contributed by atoms with van der Waals surface area (Å²) in [5.41, 5.74) is 2.16. The van der Waals surface area contributed by atoms with Gasteiger partial charge in [-0.25, -0.2) is 28.8 Å². The summed E-state index contributed by atoms with van der Waals surface area (Å²) in [6.45, 7) is 10.6. The van der Waals surface area contributed by atoms with Crippen LogP contribution in [0.15, 0.2) is 159 Å². The number of benzene rings is 6. The lowest BCUT2D eigenvalue weighted by Gasteiger charge is -2.11. The van der Waals surface area contributed by atoms with Gasteiger partial charge in [-0.2, -0.15) is 0 Å². The quantitative estimate of drug-likeness (QED) is 0.0116. The summed E-state index contributed by atoms with van der Waals surface area (Å²) in [6.07, 6.45) is 12.4. The highest BCUT2D eigenvalue weighted by Gasteiger charge is 2.18. The zero-order valence-electron chi connectivity index (χ0n) is 52.3. The number of carbonyl (C=O) groups excluding carboxylic acids is 10. The highest BCUT2D eigenvalue weighted by atomic mass is 79.9. The molecular formula is C72H74Br2O20. The Balaban J connectivity index is 0.000000345. The second-order valence-electron chi connectivity index (χ2n) is 20.8. The lowest BCUT2D eigenvalue weighted by Crippen LogP contribution is -2.11. The number of hydrogen-bond donors (Lipinski definition) is 0. The molecule has 6 rings (SSSR count). The Kier molecular flexibility index (Phi) is 33.5. The minimum atomic E-state index is -0.637. The van der Waals surface area contributed by atoms with E-state index in [1.165, 1.54) is 91.0 Å². The number of unbranched alkanes of at least 4 members (excludes halogenated alkanes) is 8. The van der Waals surface area contributed by atoms with Crippen molar-refractivity contribution in [3.05, 3.63) is 192 Å². The molecule has 0 unspecified atom stereocenters. The lowest BCUT2D eigenvalue weighted by atomic mass is 10.2. The van der Waals surface area contributed by atoms with Gasteiger partial charge in [0.2, 0.25) is 0 Å².